The van der Waals surface area contributed by atoms with Crippen LogP contribution >= 0.6 is 34.8 Å². The summed E-state index contributed by atoms with van der Waals surface area (Å²) in [6.07, 6.45) is 4.24. The molecule has 2 unspecified atom stereocenters. The molecule has 2 atom stereocenters. The van der Waals surface area contributed by atoms with E-state index in [0.29, 0.717) is 56.7 Å². The van der Waals surface area contributed by atoms with Gasteiger partial charge in [-0.05, 0) is 116 Å². The van der Waals surface area contributed by atoms with E-state index in [2.05, 4.69) is 66.9 Å². The van der Waals surface area contributed by atoms with Gasteiger partial charge in [-0.15, -0.1) is 0 Å². The SMILES string of the molecule is C.CC(C)(C)C(=O)Nc1ccc(B2OC(C)(C)C(C)(C)O2)cn1.CN1C(=O)C(Cc2ccccc2-c2ccccc2)N=C(Cl)c2cc(Cl)ccc21.CN1C(=O)C(Cc2ccccc2-c2ccccc2)N=C(c2ccc(NC(=O)C(C)(C)C)nc2)c2cc(Cl)ccc21.O=CO[O-].[Cs+].[Cs+].[H-]. The maximum atomic E-state index is 13.8. The van der Waals surface area contributed by atoms with Gasteiger partial charge in [0.15, 0.2) is 0 Å². The first-order chi connectivity index (χ1) is 44.5. The molecule has 5 heterocycles. The van der Waals surface area contributed by atoms with Crippen LogP contribution in [0.1, 0.15) is 106 Å². The summed E-state index contributed by atoms with van der Waals surface area (Å²) in [5, 5.41) is 15.5. The number of likely N-dealkylation sites (N-methyl/N-ethyl adjacent to an activating group) is 2. The number of amides is 4. The number of nitrogens with one attached hydrogen (secondary N) is 2. The second-order valence-electron chi connectivity index (χ2n) is 25.6. The van der Waals surface area contributed by atoms with Crippen molar-refractivity contribution in [3.8, 4) is 22.3 Å². The molecule has 0 aliphatic carbocycles. The maximum Gasteiger partial charge on any atom is 1.00 e. The monoisotopic (exact) mass is 1610 g/mol. The Bertz CT molecular complexity index is 4090. The van der Waals surface area contributed by atoms with Crippen LogP contribution in [0.25, 0.3) is 22.3 Å². The number of halogens is 3. The fourth-order valence-corrected chi connectivity index (χ4v) is 10.7. The van der Waals surface area contributed by atoms with Crippen molar-refractivity contribution in [2.45, 2.75) is 113 Å². The second-order valence-corrected chi connectivity index (χ2v) is 26.8. The van der Waals surface area contributed by atoms with Crippen molar-refractivity contribution < 1.29 is 183 Å². The number of carbonyl (C=O) groups is 5. The van der Waals surface area contributed by atoms with Gasteiger partial charge in [-0.25, -0.2) is 9.97 Å². The zero-order valence-electron chi connectivity index (χ0n) is 57.5. The number of hydrogen-bond acceptors (Lipinski definition) is 13. The van der Waals surface area contributed by atoms with Gasteiger partial charge in [-0.3, -0.25) is 34.0 Å². The van der Waals surface area contributed by atoms with E-state index >= 15 is 0 Å². The van der Waals surface area contributed by atoms with Crippen molar-refractivity contribution in [1.82, 2.24) is 9.97 Å². The summed E-state index contributed by atoms with van der Waals surface area (Å²) < 4.78 is 12.0. The van der Waals surface area contributed by atoms with E-state index in [4.69, 9.17) is 59.2 Å². The van der Waals surface area contributed by atoms with Crippen LogP contribution in [-0.4, -0.2) is 95.5 Å². The molecule has 1 fully saturated rings. The van der Waals surface area contributed by atoms with Crippen molar-refractivity contribution in [1.29, 1.82) is 0 Å². The van der Waals surface area contributed by atoms with Gasteiger partial charge in [0.2, 0.25) is 11.8 Å². The van der Waals surface area contributed by atoms with Crippen LogP contribution in [-0.2, 0) is 51.0 Å². The smallest absolute Gasteiger partial charge is 1.00 e. The molecule has 0 saturated carbocycles. The minimum absolute atomic E-state index is 0. The van der Waals surface area contributed by atoms with Crippen LogP contribution in [0.5, 0.6) is 0 Å². The molecule has 496 valence electrons. The van der Waals surface area contributed by atoms with Crippen LogP contribution < -0.4 is 169 Å². The molecule has 97 heavy (non-hydrogen) atoms. The Balaban J connectivity index is 0.000000310. The van der Waals surface area contributed by atoms with Gasteiger partial charge in [-0.1, -0.05) is 199 Å². The Morgan fingerprint density at radius 3 is 1.39 bits per heavy atom. The average molecular weight is 1610 g/mol. The van der Waals surface area contributed by atoms with E-state index < -0.39 is 30.0 Å². The Hall–Kier alpha value is -4.77. The van der Waals surface area contributed by atoms with Crippen LogP contribution in [0.2, 0.25) is 10.0 Å². The van der Waals surface area contributed by atoms with Gasteiger partial charge in [0, 0.05) is 82.4 Å². The predicted octanol–water partition coefficient (Wildman–Crippen LogP) is 7.95. The molecule has 0 radical (unpaired) electrons. The molecule has 17 nitrogen and oxygen atoms in total. The molecule has 0 spiro atoms. The molecule has 8 aromatic rings. The number of rotatable bonds is 11. The number of aromatic nitrogens is 2. The number of hydrogen-bond donors (Lipinski definition) is 2. The summed E-state index contributed by atoms with van der Waals surface area (Å²) in [4.78, 5) is 84.2. The zero-order valence-corrected chi connectivity index (χ0v) is 71.4. The molecule has 3 aliphatic heterocycles. The first-order valence-corrected chi connectivity index (χ1v) is 31.5. The molecule has 11 rings (SSSR count). The molecule has 2 N–H and O–H groups in total. The van der Waals surface area contributed by atoms with Crippen molar-refractivity contribution in [3.05, 3.63) is 220 Å². The normalized spacial score (nSPS) is 15.8. The molecule has 1 saturated heterocycles. The van der Waals surface area contributed by atoms with Crippen molar-refractivity contribution in [2.24, 2.45) is 20.8 Å². The van der Waals surface area contributed by atoms with Gasteiger partial charge >= 0.3 is 145 Å². The van der Waals surface area contributed by atoms with Crippen LogP contribution in [0.15, 0.2) is 192 Å². The van der Waals surface area contributed by atoms with Crippen molar-refractivity contribution >= 4 is 111 Å². The minimum atomic E-state index is -0.670. The molecule has 0 bridgehead atoms. The first kappa shape index (κ1) is 82.9. The summed E-state index contributed by atoms with van der Waals surface area (Å²) in [5.74, 6) is 0.584. The predicted molar refractivity (Wildman–Crippen MR) is 382 cm³/mol. The van der Waals surface area contributed by atoms with Gasteiger partial charge in [-0.2, -0.15) is 0 Å². The van der Waals surface area contributed by atoms with Crippen LogP contribution in [0, 0.1) is 10.8 Å². The van der Waals surface area contributed by atoms with Crippen LogP contribution in [0.4, 0.5) is 23.0 Å². The Morgan fingerprint density at radius 2 is 0.979 bits per heavy atom. The van der Waals surface area contributed by atoms with Crippen molar-refractivity contribution in [2.75, 3.05) is 34.5 Å². The number of aliphatic imine (C=N–C) groups is 2. The van der Waals surface area contributed by atoms with Gasteiger partial charge in [0.1, 0.15) is 28.9 Å². The number of benzene rings is 6. The molecule has 3 aliphatic rings. The maximum absolute atomic E-state index is 13.8. The summed E-state index contributed by atoms with van der Waals surface area (Å²) in [5.41, 5.74) is 9.72. The quantitative estimate of drug-likeness (QED) is 0.0548. The summed E-state index contributed by atoms with van der Waals surface area (Å²) >= 11 is 19.0. The number of benzodiazepines with no additional fused rings is 2. The topological polar surface area (TPSA) is 217 Å². The van der Waals surface area contributed by atoms with Gasteiger partial charge < -0.3 is 41.3 Å². The molecular weight excluding hydrogens is 1530 g/mol. The van der Waals surface area contributed by atoms with Crippen LogP contribution in [0.3, 0.4) is 0 Å². The number of nitrogens with zero attached hydrogens (tertiary/aromatic N) is 6. The third-order valence-electron chi connectivity index (χ3n) is 16.2. The summed E-state index contributed by atoms with van der Waals surface area (Å²) in [6, 6.07) is 53.2. The second kappa shape index (κ2) is 36.7. The van der Waals surface area contributed by atoms with E-state index in [0.717, 1.165) is 55.7 Å². The largest absolute Gasteiger partial charge is 1.00 e. The molecule has 4 amide bonds. The van der Waals surface area contributed by atoms with Crippen molar-refractivity contribution in [3.63, 3.8) is 0 Å². The summed E-state index contributed by atoms with van der Waals surface area (Å²) in [6.45, 7) is 19.0. The zero-order chi connectivity index (χ0) is 68.3. The Morgan fingerprint density at radius 1 is 0.577 bits per heavy atom. The molecule has 23 heteroatoms. The fraction of sp³-hybridized carbons (Fsp3) is 0.284. The third kappa shape index (κ3) is 21.6. The number of anilines is 4. The van der Waals surface area contributed by atoms with E-state index in [-0.39, 0.29) is 188 Å². The van der Waals surface area contributed by atoms with E-state index in [1.807, 2.05) is 166 Å². The number of pyridine rings is 2. The first-order valence-electron chi connectivity index (χ1n) is 30.4. The molecule has 6 aromatic carbocycles. The Kier molecular flexibility index (Phi) is 31.4. The summed E-state index contributed by atoms with van der Waals surface area (Å²) in [7, 11) is 3.08. The fourth-order valence-electron chi connectivity index (χ4n) is 10.1. The van der Waals surface area contributed by atoms with E-state index in [1.165, 1.54) is 0 Å². The number of carbonyl (C=O) groups excluding carboxylic acids is 5. The third-order valence-corrected chi connectivity index (χ3v) is 16.9. The standard InChI is InChI=1S/C33H31ClN4O2.C23H18Cl2N2O.C16H25BN2O3.CH2O3.CH4.2Cs.H/c1-33(2,3)32(40)37-29-17-14-23(20-35-29)30-26-19-24(34)15-16-28(26)38(4)31(39)27(36-30)18-22-12-8-9-13-25(22)21-10-6-5-7-11-21;1-27-21-12-11-17(24)14-19(21)22(25)26-20(23(27)28)13-16-9-5-6-10-18(16)15-7-3-2-4-8-15;1-14(2,3)13(20)19-12-9-8-11(10-18-12)17-21-15(4,5)16(6,7)22-17;2-1-4-3;;;;/h5-17,19-20,27H,18H2,1-4H3,(H,35,37,40);2-12,14,20H,13H2,1H3;8-10H,1-7H3,(H,18,19,20);1,3H;1H4;;;/q;;;;;2*+1;-1/p-1. The van der Waals surface area contributed by atoms with E-state index in [1.54, 1.807) is 72.7 Å². The molecular formula is C74H80BCl3Cs2N8O9. The number of fused-ring (bicyclic) bond motifs is 2. The Labute approximate surface area is 704 Å². The van der Waals surface area contributed by atoms with Gasteiger partial charge in [0.25, 0.3) is 18.3 Å². The van der Waals surface area contributed by atoms with E-state index in [9.17, 15) is 19.2 Å². The van der Waals surface area contributed by atoms with Gasteiger partial charge in [0.05, 0.1) is 28.3 Å². The molecule has 2 aromatic heterocycles. The minimum Gasteiger partial charge on any atom is -1.00 e. The average Bonchev–Trinajstić information content (AvgIpc) is 1.61.